The van der Waals surface area contributed by atoms with E-state index in [1.807, 2.05) is 0 Å². The van der Waals surface area contributed by atoms with Gasteiger partial charge in [0.05, 0.1) is 6.61 Å². The van der Waals surface area contributed by atoms with Gasteiger partial charge in [0, 0.05) is 19.6 Å². The number of hydrogen-bond donors (Lipinski definition) is 3. The van der Waals surface area contributed by atoms with Crippen molar-refractivity contribution in [3.8, 4) is 0 Å². The first-order valence-corrected chi connectivity index (χ1v) is 6.13. The number of piperidine rings is 1. The Balaban J connectivity index is 0.000000224. The molecular formula is C11H19F3N2O3. The fraction of sp³-hybridized carbons (Fsp3) is 0.909. The zero-order valence-corrected chi connectivity index (χ0v) is 10.5. The van der Waals surface area contributed by atoms with Gasteiger partial charge < -0.3 is 15.5 Å². The summed E-state index contributed by atoms with van der Waals surface area (Å²) in [5.41, 5.74) is 0.625. The number of carboxylic acid groups (broad SMARTS) is 1. The van der Waals surface area contributed by atoms with Gasteiger partial charge in [0.2, 0.25) is 0 Å². The smallest absolute Gasteiger partial charge is 0.475 e. The molecule has 2 heterocycles. The van der Waals surface area contributed by atoms with Crippen molar-refractivity contribution < 1.29 is 28.2 Å². The van der Waals surface area contributed by atoms with Crippen LogP contribution in [0.5, 0.6) is 0 Å². The zero-order chi connectivity index (χ0) is 14.5. The standard InChI is InChI=1S/C9H18N2O.C2HF3O2/c12-6-5-11-7-9(8-11)1-3-10-4-2-9;3-2(4,5)1(6)7/h10,12H,1-8H2;(H,6,7). The Kier molecular flexibility index (Phi) is 5.57. The molecule has 8 heteroatoms. The first-order chi connectivity index (χ1) is 8.79. The summed E-state index contributed by atoms with van der Waals surface area (Å²) < 4.78 is 31.7. The Morgan fingerprint density at radius 2 is 1.74 bits per heavy atom. The highest BCUT2D eigenvalue weighted by Gasteiger charge is 2.42. The number of rotatable bonds is 2. The van der Waals surface area contributed by atoms with E-state index < -0.39 is 12.1 Å². The van der Waals surface area contributed by atoms with Crippen LogP contribution >= 0.6 is 0 Å². The van der Waals surface area contributed by atoms with Crippen molar-refractivity contribution in [1.29, 1.82) is 0 Å². The third-order valence-corrected chi connectivity index (χ3v) is 3.44. The van der Waals surface area contributed by atoms with Crippen LogP contribution < -0.4 is 5.32 Å². The second kappa shape index (κ2) is 6.53. The van der Waals surface area contributed by atoms with E-state index in [2.05, 4.69) is 10.2 Å². The molecule has 0 aliphatic carbocycles. The largest absolute Gasteiger partial charge is 0.490 e. The maximum absolute atomic E-state index is 10.6. The lowest BCUT2D eigenvalue weighted by atomic mass is 9.72. The molecule has 5 nitrogen and oxygen atoms in total. The van der Waals surface area contributed by atoms with E-state index in [0.29, 0.717) is 12.0 Å². The molecular weight excluding hydrogens is 265 g/mol. The van der Waals surface area contributed by atoms with Crippen LogP contribution in [0.2, 0.25) is 0 Å². The highest BCUT2D eigenvalue weighted by molar-refractivity contribution is 5.73. The van der Waals surface area contributed by atoms with Gasteiger partial charge in [-0.15, -0.1) is 0 Å². The number of nitrogens with zero attached hydrogens (tertiary/aromatic N) is 1. The molecule has 2 fully saturated rings. The Bertz CT molecular complexity index is 296. The molecule has 0 aromatic carbocycles. The maximum Gasteiger partial charge on any atom is 0.490 e. The summed E-state index contributed by atoms with van der Waals surface area (Å²) in [7, 11) is 0. The second-order valence-corrected chi connectivity index (χ2v) is 4.99. The van der Waals surface area contributed by atoms with Crippen LogP contribution in [-0.2, 0) is 4.79 Å². The van der Waals surface area contributed by atoms with Crippen molar-refractivity contribution in [3.05, 3.63) is 0 Å². The normalized spacial score (nSPS) is 22.3. The Labute approximate surface area is 109 Å². The predicted molar refractivity (Wildman–Crippen MR) is 61.8 cm³/mol. The number of likely N-dealkylation sites (tertiary alicyclic amines) is 1. The second-order valence-electron chi connectivity index (χ2n) is 4.99. The molecule has 3 N–H and O–H groups in total. The number of nitrogens with one attached hydrogen (secondary N) is 1. The molecule has 0 aromatic heterocycles. The van der Waals surface area contributed by atoms with Crippen LogP contribution in [0.25, 0.3) is 0 Å². The van der Waals surface area contributed by atoms with E-state index in [-0.39, 0.29) is 0 Å². The number of carboxylic acids is 1. The third-order valence-electron chi connectivity index (χ3n) is 3.44. The molecule has 0 radical (unpaired) electrons. The van der Waals surface area contributed by atoms with Crippen molar-refractivity contribution >= 4 is 5.97 Å². The lowest BCUT2D eigenvalue weighted by molar-refractivity contribution is -0.192. The third kappa shape index (κ3) is 4.96. The minimum absolute atomic E-state index is 0.314. The van der Waals surface area contributed by atoms with Gasteiger partial charge in [0.1, 0.15) is 0 Å². The van der Waals surface area contributed by atoms with E-state index in [1.165, 1.54) is 39.0 Å². The zero-order valence-electron chi connectivity index (χ0n) is 10.5. The van der Waals surface area contributed by atoms with E-state index in [0.717, 1.165) is 6.54 Å². The van der Waals surface area contributed by atoms with Crippen LogP contribution in [0.15, 0.2) is 0 Å². The molecule has 0 amide bonds. The van der Waals surface area contributed by atoms with Gasteiger partial charge in [-0.2, -0.15) is 13.2 Å². The van der Waals surface area contributed by atoms with Gasteiger partial charge in [0.25, 0.3) is 0 Å². The number of alkyl halides is 3. The van der Waals surface area contributed by atoms with Gasteiger partial charge >= 0.3 is 12.1 Å². The molecule has 2 saturated heterocycles. The monoisotopic (exact) mass is 284 g/mol. The van der Waals surface area contributed by atoms with Crippen molar-refractivity contribution in [2.45, 2.75) is 19.0 Å². The fourth-order valence-electron chi connectivity index (χ4n) is 2.48. The number of aliphatic hydroxyl groups excluding tert-OH is 1. The number of β-amino-alcohol motifs (C(OH)–C–C–N with tert-alkyl or cyclic N) is 1. The molecule has 2 rings (SSSR count). The van der Waals surface area contributed by atoms with Crippen LogP contribution in [0.4, 0.5) is 13.2 Å². The molecule has 2 aliphatic rings. The Morgan fingerprint density at radius 1 is 1.26 bits per heavy atom. The average molecular weight is 284 g/mol. The summed E-state index contributed by atoms with van der Waals surface area (Å²) in [6, 6.07) is 0. The van der Waals surface area contributed by atoms with Crippen molar-refractivity contribution in [1.82, 2.24) is 10.2 Å². The quantitative estimate of drug-likeness (QED) is 0.680. The molecule has 1 spiro atoms. The van der Waals surface area contributed by atoms with Gasteiger partial charge in [-0.1, -0.05) is 0 Å². The minimum Gasteiger partial charge on any atom is -0.475 e. The molecule has 2 aliphatic heterocycles. The van der Waals surface area contributed by atoms with Crippen molar-refractivity contribution in [2.75, 3.05) is 39.3 Å². The molecule has 0 saturated carbocycles. The van der Waals surface area contributed by atoms with Crippen LogP contribution in [0.3, 0.4) is 0 Å². The van der Waals surface area contributed by atoms with Gasteiger partial charge in [-0.25, -0.2) is 4.79 Å². The van der Waals surface area contributed by atoms with Crippen molar-refractivity contribution in [2.24, 2.45) is 5.41 Å². The number of carbonyl (C=O) groups is 1. The molecule has 0 bridgehead atoms. The summed E-state index contributed by atoms with van der Waals surface area (Å²) in [5, 5.41) is 19.2. The number of aliphatic hydroxyl groups is 1. The Hall–Kier alpha value is -0.860. The van der Waals surface area contributed by atoms with Gasteiger partial charge in [0.15, 0.2) is 0 Å². The highest BCUT2D eigenvalue weighted by atomic mass is 19.4. The molecule has 19 heavy (non-hydrogen) atoms. The first-order valence-electron chi connectivity index (χ1n) is 6.13. The summed E-state index contributed by atoms with van der Waals surface area (Å²) in [6.07, 6.45) is -2.43. The van der Waals surface area contributed by atoms with Crippen LogP contribution in [0, 0.1) is 5.41 Å². The van der Waals surface area contributed by atoms with Crippen molar-refractivity contribution in [3.63, 3.8) is 0 Å². The first kappa shape index (κ1) is 16.2. The lowest BCUT2D eigenvalue weighted by Crippen LogP contribution is -2.60. The van der Waals surface area contributed by atoms with Gasteiger partial charge in [-0.05, 0) is 31.3 Å². The maximum atomic E-state index is 10.6. The number of halogens is 3. The predicted octanol–water partition coefficient (Wildman–Crippen LogP) is 0.297. The van der Waals surface area contributed by atoms with E-state index in [1.54, 1.807) is 0 Å². The molecule has 0 atom stereocenters. The number of aliphatic carboxylic acids is 1. The highest BCUT2D eigenvalue weighted by Crippen LogP contribution is 2.38. The van der Waals surface area contributed by atoms with Gasteiger partial charge in [-0.3, -0.25) is 4.90 Å². The minimum atomic E-state index is -5.08. The lowest BCUT2D eigenvalue weighted by Gasteiger charge is -2.52. The molecule has 112 valence electrons. The van der Waals surface area contributed by atoms with Crippen LogP contribution in [-0.4, -0.2) is 66.6 Å². The van der Waals surface area contributed by atoms with E-state index in [4.69, 9.17) is 15.0 Å². The topological polar surface area (TPSA) is 72.8 Å². The average Bonchev–Trinajstić information content (AvgIpc) is 2.28. The summed E-state index contributed by atoms with van der Waals surface area (Å²) >= 11 is 0. The fourth-order valence-corrected chi connectivity index (χ4v) is 2.48. The summed E-state index contributed by atoms with van der Waals surface area (Å²) in [4.78, 5) is 11.2. The van der Waals surface area contributed by atoms with E-state index >= 15 is 0 Å². The Morgan fingerprint density at radius 3 is 2.11 bits per heavy atom. The summed E-state index contributed by atoms with van der Waals surface area (Å²) in [5.74, 6) is -2.76. The SMILES string of the molecule is O=C(O)C(F)(F)F.OCCN1CC2(CCNCC2)C1. The summed E-state index contributed by atoms with van der Waals surface area (Å²) in [6.45, 7) is 5.99. The molecule has 0 unspecified atom stereocenters. The van der Waals surface area contributed by atoms with Crippen LogP contribution in [0.1, 0.15) is 12.8 Å². The number of hydrogen-bond acceptors (Lipinski definition) is 4. The molecule has 0 aromatic rings. The van der Waals surface area contributed by atoms with E-state index in [9.17, 15) is 13.2 Å².